The molecular weight excluding hydrogens is 266 g/mol. The van der Waals surface area contributed by atoms with Gasteiger partial charge in [-0.1, -0.05) is 30.3 Å². The van der Waals surface area contributed by atoms with Crippen molar-refractivity contribution in [1.82, 2.24) is 20.4 Å². The number of aromatic nitrogens is 4. The maximum atomic E-state index is 11.8. The molecule has 0 saturated carbocycles. The number of hydrogen-bond donors (Lipinski definition) is 3. The molecule has 3 rings (SSSR count). The highest BCUT2D eigenvalue weighted by atomic mass is 16.2. The Hall–Kier alpha value is -2.89. The highest BCUT2D eigenvalue weighted by Crippen LogP contribution is 2.10. The molecule has 106 valence electrons. The number of hydrogen-bond acceptors (Lipinski definition) is 3. The Morgan fingerprint density at radius 1 is 1.10 bits per heavy atom. The van der Waals surface area contributed by atoms with Gasteiger partial charge in [0.2, 0.25) is 0 Å². The number of carbonyl (C=O) groups excluding carboxylic acids is 1. The monoisotopic (exact) mass is 281 g/mol. The molecule has 6 nitrogen and oxygen atoms in total. The molecule has 1 amide bonds. The van der Waals surface area contributed by atoms with Gasteiger partial charge in [-0.15, -0.1) is 0 Å². The lowest BCUT2D eigenvalue weighted by Gasteiger charge is -1.98. The van der Waals surface area contributed by atoms with Crippen LogP contribution in [0.3, 0.4) is 0 Å². The zero-order valence-corrected chi connectivity index (χ0v) is 11.3. The molecule has 6 heteroatoms. The molecule has 0 aliphatic rings. The van der Waals surface area contributed by atoms with Gasteiger partial charge < -0.3 is 5.32 Å². The molecule has 0 aliphatic carbocycles. The SMILES string of the molecule is O=C(Nc1cc(CCc2ccccc2)[nH]n1)c1ccn[nH]1. The Kier molecular flexibility index (Phi) is 3.77. The van der Waals surface area contributed by atoms with Gasteiger partial charge in [-0.25, -0.2) is 0 Å². The van der Waals surface area contributed by atoms with Crippen molar-refractivity contribution in [3.05, 3.63) is 65.6 Å². The lowest BCUT2D eigenvalue weighted by molar-refractivity contribution is 0.102. The Balaban J connectivity index is 1.57. The van der Waals surface area contributed by atoms with E-state index >= 15 is 0 Å². The van der Waals surface area contributed by atoms with Gasteiger partial charge in [0.15, 0.2) is 5.82 Å². The second-order valence-electron chi connectivity index (χ2n) is 4.69. The topological polar surface area (TPSA) is 86.5 Å². The van der Waals surface area contributed by atoms with E-state index in [1.165, 1.54) is 11.8 Å². The number of amides is 1. The molecule has 0 spiro atoms. The summed E-state index contributed by atoms with van der Waals surface area (Å²) in [7, 11) is 0. The Bertz CT molecular complexity index is 703. The summed E-state index contributed by atoms with van der Waals surface area (Å²) in [5.41, 5.74) is 2.66. The molecule has 0 aliphatic heterocycles. The highest BCUT2D eigenvalue weighted by molar-refractivity contribution is 6.02. The van der Waals surface area contributed by atoms with Crippen LogP contribution < -0.4 is 5.32 Å². The minimum Gasteiger partial charge on any atom is -0.304 e. The molecule has 2 heterocycles. The molecular formula is C15H15N5O. The number of benzene rings is 1. The summed E-state index contributed by atoms with van der Waals surface area (Å²) >= 11 is 0. The quantitative estimate of drug-likeness (QED) is 0.670. The molecule has 3 N–H and O–H groups in total. The molecule has 0 atom stereocenters. The number of carbonyl (C=O) groups is 1. The van der Waals surface area contributed by atoms with E-state index in [1.54, 1.807) is 6.07 Å². The van der Waals surface area contributed by atoms with Crippen molar-refractivity contribution in [2.75, 3.05) is 5.32 Å². The first kappa shape index (κ1) is 13.1. The first-order valence-corrected chi connectivity index (χ1v) is 6.70. The molecule has 0 unspecified atom stereocenters. The number of anilines is 1. The fourth-order valence-corrected chi connectivity index (χ4v) is 2.04. The fourth-order valence-electron chi connectivity index (χ4n) is 2.04. The van der Waals surface area contributed by atoms with Crippen LogP contribution in [0.5, 0.6) is 0 Å². The highest BCUT2D eigenvalue weighted by Gasteiger charge is 2.09. The molecule has 0 fully saturated rings. The van der Waals surface area contributed by atoms with E-state index in [0.717, 1.165) is 18.5 Å². The number of aromatic amines is 2. The number of aryl methyl sites for hydroxylation is 2. The van der Waals surface area contributed by atoms with E-state index < -0.39 is 0 Å². The van der Waals surface area contributed by atoms with Gasteiger partial charge in [0, 0.05) is 18.0 Å². The van der Waals surface area contributed by atoms with E-state index in [2.05, 4.69) is 37.8 Å². The molecule has 2 aromatic heterocycles. The summed E-state index contributed by atoms with van der Waals surface area (Å²) in [5, 5.41) is 16.1. The van der Waals surface area contributed by atoms with Gasteiger partial charge in [0.25, 0.3) is 5.91 Å². The van der Waals surface area contributed by atoms with Crippen LogP contribution in [0.15, 0.2) is 48.7 Å². The van der Waals surface area contributed by atoms with E-state index in [9.17, 15) is 4.79 Å². The molecule has 3 aromatic rings. The average molecular weight is 281 g/mol. The van der Waals surface area contributed by atoms with Crippen molar-refractivity contribution in [2.45, 2.75) is 12.8 Å². The molecule has 1 aromatic carbocycles. The van der Waals surface area contributed by atoms with Gasteiger partial charge in [-0.05, 0) is 24.5 Å². The third-order valence-corrected chi connectivity index (χ3v) is 3.14. The van der Waals surface area contributed by atoms with Crippen molar-refractivity contribution in [1.29, 1.82) is 0 Å². The smallest absolute Gasteiger partial charge is 0.274 e. The normalized spacial score (nSPS) is 10.5. The molecule has 0 radical (unpaired) electrons. The van der Waals surface area contributed by atoms with Gasteiger partial charge >= 0.3 is 0 Å². The third-order valence-electron chi connectivity index (χ3n) is 3.14. The van der Waals surface area contributed by atoms with E-state index in [1.807, 2.05) is 24.3 Å². The summed E-state index contributed by atoms with van der Waals surface area (Å²) < 4.78 is 0. The largest absolute Gasteiger partial charge is 0.304 e. The van der Waals surface area contributed by atoms with Crippen LogP contribution >= 0.6 is 0 Å². The van der Waals surface area contributed by atoms with E-state index in [0.29, 0.717) is 11.5 Å². The first-order valence-electron chi connectivity index (χ1n) is 6.70. The van der Waals surface area contributed by atoms with Crippen molar-refractivity contribution in [3.63, 3.8) is 0 Å². The number of rotatable bonds is 5. The number of nitrogens with zero attached hydrogens (tertiary/aromatic N) is 2. The maximum Gasteiger partial charge on any atom is 0.274 e. The second-order valence-corrected chi connectivity index (χ2v) is 4.69. The van der Waals surface area contributed by atoms with Crippen molar-refractivity contribution >= 4 is 11.7 Å². The third kappa shape index (κ3) is 3.36. The van der Waals surface area contributed by atoms with E-state index in [4.69, 9.17) is 0 Å². The Morgan fingerprint density at radius 2 is 1.95 bits per heavy atom. The minimum atomic E-state index is -0.256. The predicted molar refractivity (Wildman–Crippen MR) is 79.0 cm³/mol. The lowest BCUT2D eigenvalue weighted by atomic mass is 10.1. The Morgan fingerprint density at radius 3 is 2.71 bits per heavy atom. The second kappa shape index (κ2) is 6.04. The van der Waals surface area contributed by atoms with E-state index in [-0.39, 0.29) is 5.91 Å². The molecule has 21 heavy (non-hydrogen) atoms. The summed E-state index contributed by atoms with van der Waals surface area (Å²) in [4.78, 5) is 11.8. The summed E-state index contributed by atoms with van der Waals surface area (Å²) in [6.07, 6.45) is 3.30. The van der Waals surface area contributed by atoms with Crippen LogP contribution in [-0.4, -0.2) is 26.3 Å². The summed E-state index contributed by atoms with van der Waals surface area (Å²) in [5.74, 6) is 0.256. The van der Waals surface area contributed by atoms with Crippen molar-refractivity contribution < 1.29 is 4.79 Å². The van der Waals surface area contributed by atoms with Gasteiger partial charge in [0.1, 0.15) is 5.69 Å². The number of nitrogens with one attached hydrogen (secondary N) is 3. The van der Waals surface area contributed by atoms with Gasteiger partial charge in [-0.3, -0.25) is 15.0 Å². The first-order chi connectivity index (χ1) is 10.3. The summed E-state index contributed by atoms with van der Waals surface area (Å²) in [6.45, 7) is 0. The molecule has 0 bridgehead atoms. The standard InChI is InChI=1S/C15H15N5O/c21-15(13-8-9-16-19-13)17-14-10-12(18-20-14)7-6-11-4-2-1-3-5-11/h1-5,8-10H,6-7H2,(H,16,19)(H2,17,18,20,21). The fraction of sp³-hybridized carbons (Fsp3) is 0.133. The van der Waals surface area contributed by atoms with Crippen LogP contribution in [-0.2, 0) is 12.8 Å². The van der Waals surface area contributed by atoms with Crippen LogP contribution in [0.25, 0.3) is 0 Å². The zero-order valence-electron chi connectivity index (χ0n) is 11.3. The van der Waals surface area contributed by atoms with Crippen molar-refractivity contribution in [2.24, 2.45) is 0 Å². The summed E-state index contributed by atoms with van der Waals surface area (Å²) in [6, 6.07) is 13.7. The molecule has 0 saturated heterocycles. The minimum absolute atomic E-state index is 0.256. The van der Waals surface area contributed by atoms with Gasteiger partial charge in [0.05, 0.1) is 0 Å². The lowest BCUT2D eigenvalue weighted by Crippen LogP contribution is -2.12. The van der Waals surface area contributed by atoms with Gasteiger partial charge in [-0.2, -0.15) is 10.2 Å². The predicted octanol–water partition coefficient (Wildman–Crippen LogP) is 2.17. The van der Waals surface area contributed by atoms with Crippen LogP contribution in [0.2, 0.25) is 0 Å². The average Bonchev–Trinajstić information content (AvgIpc) is 3.18. The van der Waals surface area contributed by atoms with Crippen LogP contribution in [0.4, 0.5) is 5.82 Å². The Labute approximate surface area is 121 Å². The van der Waals surface area contributed by atoms with Crippen LogP contribution in [0.1, 0.15) is 21.7 Å². The number of H-pyrrole nitrogens is 2. The van der Waals surface area contributed by atoms with Crippen LogP contribution in [0, 0.1) is 0 Å². The maximum absolute atomic E-state index is 11.8. The van der Waals surface area contributed by atoms with Crippen molar-refractivity contribution in [3.8, 4) is 0 Å². The zero-order chi connectivity index (χ0) is 14.5.